The summed E-state index contributed by atoms with van der Waals surface area (Å²) in [7, 11) is 0. The predicted octanol–water partition coefficient (Wildman–Crippen LogP) is 4.54. The SMILES string of the molecule is C[C@H](NC(=O)c1c(N)nn2cccnc12)c1cc2cccc(C#Cc3ccncc3)c2n1-c1ccccc1. The number of carbonyl (C=O) groups excluding carboxylic acids is 1. The molecule has 3 N–H and O–H groups in total. The summed E-state index contributed by atoms with van der Waals surface area (Å²) in [5, 5.41) is 8.34. The number of amides is 1. The molecule has 0 saturated heterocycles. The third kappa shape index (κ3) is 4.12. The second-order valence-electron chi connectivity index (χ2n) is 8.81. The van der Waals surface area contributed by atoms with Crippen molar-refractivity contribution in [1.29, 1.82) is 0 Å². The van der Waals surface area contributed by atoms with Gasteiger partial charge in [-0.15, -0.1) is 5.10 Å². The average molecular weight is 498 g/mol. The molecule has 4 heterocycles. The molecule has 0 aliphatic carbocycles. The molecule has 2 aromatic carbocycles. The zero-order valence-corrected chi connectivity index (χ0v) is 20.5. The maximum absolute atomic E-state index is 13.4. The molecule has 8 heteroatoms. The van der Waals surface area contributed by atoms with Crippen molar-refractivity contribution in [2.45, 2.75) is 13.0 Å². The molecule has 0 aliphatic heterocycles. The molecule has 0 spiro atoms. The number of para-hydroxylation sites is 2. The first-order valence-electron chi connectivity index (χ1n) is 12.1. The first-order valence-corrected chi connectivity index (χ1v) is 12.1. The van der Waals surface area contributed by atoms with E-state index < -0.39 is 0 Å². The normalized spacial score (nSPS) is 11.7. The van der Waals surface area contributed by atoms with Crippen molar-refractivity contribution in [3.8, 4) is 17.5 Å². The lowest BCUT2D eigenvalue weighted by molar-refractivity contribution is 0.0941. The molecule has 4 aromatic heterocycles. The van der Waals surface area contributed by atoms with Crippen LogP contribution in [-0.2, 0) is 0 Å². The monoisotopic (exact) mass is 497 g/mol. The molecule has 1 amide bonds. The average Bonchev–Trinajstić information content (AvgIpc) is 3.50. The van der Waals surface area contributed by atoms with Gasteiger partial charge >= 0.3 is 0 Å². The fourth-order valence-corrected chi connectivity index (χ4v) is 4.59. The van der Waals surface area contributed by atoms with E-state index in [4.69, 9.17) is 5.73 Å². The van der Waals surface area contributed by atoms with E-state index in [0.717, 1.165) is 33.4 Å². The summed E-state index contributed by atoms with van der Waals surface area (Å²) in [6.45, 7) is 1.95. The van der Waals surface area contributed by atoms with Crippen LogP contribution in [0.25, 0.3) is 22.2 Å². The highest BCUT2D eigenvalue weighted by Crippen LogP contribution is 2.31. The quantitative estimate of drug-likeness (QED) is 0.348. The van der Waals surface area contributed by atoms with Gasteiger partial charge in [0.2, 0.25) is 0 Å². The summed E-state index contributed by atoms with van der Waals surface area (Å²) < 4.78 is 3.65. The largest absolute Gasteiger partial charge is 0.381 e. The maximum atomic E-state index is 13.4. The molecule has 0 unspecified atom stereocenters. The highest BCUT2D eigenvalue weighted by atomic mass is 16.1. The Morgan fingerprint density at radius 3 is 2.61 bits per heavy atom. The van der Waals surface area contributed by atoms with E-state index in [9.17, 15) is 4.79 Å². The van der Waals surface area contributed by atoms with Gasteiger partial charge in [-0.2, -0.15) is 0 Å². The third-order valence-corrected chi connectivity index (χ3v) is 6.33. The van der Waals surface area contributed by atoms with Gasteiger partial charge in [-0.25, -0.2) is 9.50 Å². The number of nitrogen functional groups attached to an aromatic ring is 1. The van der Waals surface area contributed by atoms with E-state index in [2.05, 4.69) is 48.9 Å². The van der Waals surface area contributed by atoms with Crippen LogP contribution in [0.5, 0.6) is 0 Å². The minimum absolute atomic E-state index is 0.130. The van der Waals surface area contributed by atoms with E-state index >= 15 is 0 Å². The number of hydrogen-bond donors (Lipinski definition) is 2. The lowest BCUT2D eigenvalue weighted by Gasteiger charge is -2.18. The molecular formula is C30H23N7O. The van der Waals surface area contributed by atoms with Gasteiger partial charge in [0.25, 0.3) is 5.91 Å². The van der Waals surface area contributed by atoms with Gasteiger partial charge in [0.15, 0.2) is 11.5 Å². The number of nitrogens with two attached hydrogens (primary N) is 1. The van der Waals surface area contributed by atoms with Crippen molar-refractivity contribution in [3.63, 3.8) is 0 Å². The van der Waals surface area contributed by atoms with Gasteiger partial charge < -0.3 is 15.6 Å². The van der Waals surface area contributed by atoms with Crippen molar-refractivity contribution in [1.82, 2.24) is 29.5 Å². The standard InChI is InChI=1S/C30H23N7O/c1-20(34-30(38)26-28(31)35-36-18-6-15-33-29(26)36)25-19-23-8-5-7-22(12-11-21-13-16-32-17-14-21)27(23)37(25)24-9-3-2-4-10-24/h2-10,13-20H,1H3,(H2,31,35)(H,34,38)/t20-/m0/s1. The summed E-state index contributed by atoms with van der Waals surface area (Å²) >= 11 is 0. The number of fused-ring (bicyclic) bond motifs is 2. The molecular weight excluding hydrogens is 474 g/mol. The number of rotatable bonds is 4. The Morgan fingerprint density at radius 1 is 0.974 bits per heavy atom. The Labute approximate surface area is 218 Å². The number of hydrogen-bond acceptors (Lipinski definition) is 5. The molecule has 6 aromatic rings. The number of benzene rings is 2. The smallest absolute Gasteiger partial charge is 0.259 e. The molecule has 0 bridgehead atoms. The molecule has 0 saturated carbocycles. The minimum Gasteiger partial charge on any atom is -0.381 e. The highest BCUT2D eigenvalue weighted by molar-refractivity contribution is 6.04. The lowest BCUT2D eigenvalue weighted by Crippen LogP contribution is -2.28. The van der Waals surface area contributed by atoms with E-state index in [1.807, 2.05) is 61.5 Å². The van der Waals surface area contributed by atoms with E-state index in [1.54, 1.807) is 30.9 Å². The molecule has 38 heavy (non-hydrogen) atoms. The molecule has 1 atom stereocenters. The van der Waals surface area contributed by atoms with Crippen molar-refractivity contribution in [2.24, 2.45) is 0 Å². The topological polar surface area (TPSA) is 103 Å². The van der Waals surface area contributed by atoms with E-state index in [-0.39, 0.29) is 23.3 Å². The van der Waals surface area contributed by atoms with Crippen molar-refractivity contribution in [3.05, 3.63) is 120 Å². The Morgan fingerprint density at radius 2 is 1.79 bits per heavy atom. The molecule has 0 radical (unpaired) electrons. The highest BCUT2D eigenvalue weighted by Gasteiger charge is 2.24. The van der Waals surface area contributed by atoms with Crippen LogP contribution in [0.3, 0.4) is 0 Å². The Kier molecular flexibility index (Phi) is 5.79. The first kappa shape index (κ1) is 23.0. The van der Waals surface area contributed by atoms with Gasteiger partial charge in [0.05, 0.1) is 11.6 Å². The summed E-state index contributed by atoms with van der Waals surface area (Å²) in [5.41, 5.74) is 11.4. The molecule has 0 aliphatic rings. The van der Waals surface area contributed by atoms with Gasteiger partial charge in [-0.3, -0.25) is 9.78 Å². The Bertz CT molecular complexity index is 1840. The van der Waals surface area contributed by atoms with E-state index in [0.29, 0.717) is 5.65 Å². The second kappa shape index (κ2) is 9.56. The van der Waals surface area contributed by atoms with Crippen LogP contribution in [0, 0.1) is 11.8 Å². The summed E-state index contributed by atoms with van der Waals surface area (Å²) in [4.78, 5) is 21.8. The molecule has 8 nitrogen and oxygen atoms in total. The number of pyridine rings is 1. The zero-order chi connectivity index (χ0) is 26.1. The second-order valence-corrected chi connectivity index (χ2v) is 8.81. The minimum atomic E-state index is -0.367. The lowest BCUT2D eigenvalue weighted by atomic mass is 10.1. The van der Waals surface area contributed by atoms with Gasteiger partial charge in [-0.05, 0) is 49.4 Å². The Balaban J connectivity index is 1.45. The van der Waals surface area contributed by atoms with Gasteiger partial charge in [-0.1, -0.05) is 42.2 Å². The van der Waals surface area contributed by atoms with Crippen LogP contribution < -0.4 is 11.1 Å². The summed E-state index contributed by atoms with van der Waals surface area (Å²) in [6.07, 6.45) is 6.77. The number of nitrogens with one attached hydrogen (secondary N) is 1. The molecule has 0 fully saturated rings. The maximum Gasteiger partial charge on any atom is 0.259 e. The van der Waals surface area contributed by atoms with Crippen molar-refractivity contribution >= 4 is 28.3 Å². The van der Waals surface area contributed by atoms with Gasteiger partial charge in [0, 0.05) is 52.7 Å². The fourth-order valence-electron chi connectivity index (χ4n) is 4.59. The molecule has 184 valence electrons. The first-order chi connectivity index (χ1) is 18.6. The fraction of sp³-hybridized carbons (Fsp3) is 0.0667. The van der Waals surface area contributed by atoms with Crippen molar-refractivity contribution < 1.29 is 4.79 Å². The number of nitrogens with zero attached hydrogens (tertiary/aromatic N) is 5. The summed E-state index contributed by atoms with van der Waals surface area (Å²) in [6, 6.07) is 23.3. The Hall–Kier alpha value is -5.42. The van der Waals surface area contributed by atoms with Crippen LogP contribution in [0.4, 0.5) is 5.82 Å². The van der Waals surface area contributed by atoms with Crippen LogP contribution in [0.1, 0.15) is 40.1 Å². The van der Waals surface area contributed by atoms with E-state index in [1.165, 1.54) is 4.52 Å². The number of carbonyl (C=O) groups is 1. The van der Waals surface area contributed by atoms with Crippen LogP contribution in [0.2, 0.25) is 0 Å². The van der Waals surface area contributed by atoms with Crippen LogP contribution in [-0.4, -0.2) is 30.1 Å². The predicted molar refractivity (Wildman–Crippen MR) is 147 cm³/mol. The number of anilines is 1. The van der Waals surface area contributed by atoms with Crippen LogP contribution in [0.15, 0.2) is 97.6 Å². The van der Waals surface area contributed by atoms with Gasteiger partial charge in [0.1, 0.15) is 5.56 Å². The summed E-state index contributed by atoms with van der Waals surface area (Å²) in [5.74, 6) is 6.37. The van der Waals surface area contributed by atoms with Crippen LogP contribution >= 0.6 is 0 Å². The number of aromatic nitrogens is 5. The van der Waals surface area contributed by atoms with Crippen molar-refractivity contribution in [2.75, 3.05) is 5.73 Å². The third-order valence-electron chi connectivity index (χ3n) is 6.33. The zero-order valence-electron chi connectivity index (χ0n) is 20.5. The molecule has 6 rings (SSSR count).